The Bertz CT molecular complexity index is 880. The molecule has 2 rings (SSSR count). The lowest BCUT2D eigenvalue weighted by molar-refractivity contribution is -0.129. The summed E-state index contributed by atoms with van der Waals surface area (Å²) in [4.78, 5) is 11.6. The van der Waals surface area contributed by atoms with Gasteiger partial charge in [0.05, 0.1) is 18.6 Å². The molecule has 26 heavy (non-hydrogen) atoms. The van der Waals surface area contributed by atoms with Crippen molar-refractivity contribution in [2.45, 2.75) is 25.2 Å². The van der Waals surface area contributed by atoms with Crippen LogP contribution in [-0.4, -0.2) is 44.0 Å². The van der Waals surface area contributed by atoms with Gasteiger partial charge in [0, 0.05) is 6.54 Å². The first-order valence-electron chi connectivity index (χ1n) is 8.29. The van der Waals surface area contributed by atoms with Crippen molar-refractivity contribution in [2.75, 3.05) is 20.2 Å². The maximum atomic E-state index is 13.0. The Hall–Kier alpha value is -2.16. The molecule has 7 nitrogen and oxygen atoms in total. The standard InChI is InChI=1S/C18H24N2O5S/c1-13(2)8-9-20(12-18(21)19-22)26(23,24)17-7-5-14-4-6-16(25-3)10-15(14)11-17/h4-7,10-11,13,22H,8-9,12H2,1-3H3,(H,19,21). The molecular formula is C18H24N2O5S. The quantitative estimate of drug-likeness (QED) is 0.541. The Morgan fingerprint density at radius 3 is 2.50 bits per heavy atom. The number of ether oxygens (including phenoxy) is 1. The Kier molecular flexibility index (Phi) is 6.57. The summed E-state index contributed by atoms with van der Waals surface area (Å²) in [5.41, 5.74) is 1.49. The van der Waals surface area contributed by atoms with E-state index in [-0.39, 0.29) is 17.4 Å². The molecule has 0 heterocycles. The fourth-order valence-electron chi connectivity index (χ4n) is 2.52. The molecule has 0 aliphatic rings. The molecule has 0 saturated heterocycles. The van der Waals surface area contributed by atoms with E-state index >= 15 is 0 Å². The zero-order chi connectivity index (χ0) is 19.3. The predicted molar refractivity (Wildman–Crippen MR) is 98.6 cm³/mol. The summed E-state index contributed by atoms with van der Waals surface area (Å²) in [5, 5.41) is 10.4. The Morgan fingerprint density at radius 1 is 1.19 bits per heavy atom. The first kappa shape index (κ1) is 20.2. The first-order chi connectivity index (χ1) is 12.3. The third kappa shape index (κ3) is 4.72. The molecule has 0 bridgehead atoms. The van der Waals surface area contributed by atoms with Crippen LogP contribution in [0.15, 0.2) is 41.3 Å². The lowest BCUT2D eigenvalue weighted by Crippen LogP contribution is -2.40. The van der Waals surface area contributed by atoms with Gasteiger partial charge >= 0.3 is 0 Å². The summed E-state index contributed by atoms with van der Waals surface area (Å²) < 4.78 is 32.3. The third-order valence-electron chi connectivity index (χ3n) is 4.06. The van der Waals surface area contributed by atoms with E-state index in [1.165, 1.54) is 11.5 Å². The highest BCUT2D eigenvalue weighted by molar-refractivity contribution is 7.89. The molecule has 0 aromatic heterocycles. The summed E-state index contributed by atoms with van der Waals surface area (Å²) in [6.45, 7) is 3.68. The van der Waals surface area contributed by atoms with Crippen molar-refractivity contribution >= 4 is 26.7 Å². The number of benzene rings is 2. The van der Waals surface area contributed by atoms with Crippen LogP contribution in [0.1, 0.15) is 20.3 Å². The Labute approximate surface area is 153 Å². The molecule has 2 N–H and O–H groups in total. The molecule has 2 aromatic rings. The normalized spacial score (nSPS) is 11.9. The zero-order valence-electron chi connectivity index (χ0n) is 15.1. The van der Waals surface area contributed by atoms with Gasteiger partial charge in [-0.05, 0) is 47.4 Å². The topological polar surface area (TPSA) is 95.9 Å². The highest BCUT2D eigenvalue weighted by atomic mass is 32.2. The molecule has 8 heteroatoms. The Balaban J connectivity index is 2.42. The molecule has 0 saturated carbocycles. The number of hydrogen-bond donors (Lipinski definition) is 2. The molecule has 1 amide bonds. The molecule has 0 fully saturated rings. The molecule has 0 aliphatic heterocycles. The van der Waals surface area contributed by atoms with Crippen molar-refractivity contribution in [1.82, 2.24) is 9.79 Å². The van der Waals surface area contributed by atoms with E-state index in [2.05, 4.69) is 0 Å². The highest BCUT2D eigenvalue weighted by Crippen LogP contribution is 2.25. The number of carbonyl (C=O) groups is 1. The fraction of sp³-hybridized carbons (Fsp3) is 0.389. The van der Waals surface area contributed by atoms with E-state index in [1.54, 1.807) is 31.4 Å². The zero-order valence-corrected chi connectivity index (χ0v) is 15.9. The van der Waals surface area contributed by atoms with Crippen molar-refractivity contribution in [3.63, 3.8) is 0 Å². The van der Waals surface area contributed by atoms with Crippen LogP contribution in [0.2, 0.25) is 0 Å². The van der Waals surface area contributed by atoms with Crippen LogP contribution < -0.4 is 10.2 Å². The second-order valence-electron chi connectivity index (χ2n) is 6.43. The van der Waals surface area contributed by atoms with Gasteiger partial charge in [0.15, 0.2) is 0 Å². The number of hydroxylamine groups is 1. The number of carbonyl (C=O) groups excluding carboxylic acids is 1. The SMILES string of the molecule is COc1ccc2ccc(S(=O)(=O)N(CCC(C)C)CC(=O)NO)cc2c1. The van der Waals surface area contributed by atoms with Crippen molar-refractivity contribution < 1.29 is 23.2 Å². The van der Waals surface area contributed by atoms with Crippen LogP contribution in [-0.2, 0) is 14.8 Å². The van der Waals surface area contributed by atoms with Crippen LogP contribution in [0, 0.1) is 5.92 Å². The van der Waals surface area contributed by atoms with E-state index in [0.717, 1.165) is 15.1 Å². The molecule has 0 spiro atoms. The highest BCUT2D eigenvalue weighted by Gasteiger charge is 2.26. The van der Waals surface area contributed by atoms with Crippen LogP contribution in [0.5, 0.6) is 5.75 Å². The van der Waals surface area contributed by atoms with Crippen molar-refractivity contribution in [1.29, 1.82) is 0 Å². The van der Waals surface area contributed by atoms with Crippen LogP contribution >= 0.6 is 0 Å². The van der Waals surface area contributed by atoms with Gasteiger partial charge in [0.25, 0.3) is 5.91 Å². The van der Waals surface area contributed by atoms with Crippen LogP contribution in [0.3, 0.4) is 0 Å². The maximum absolute atomic E-state index is 13.0. The van der Waals surface area contributed by atoms with E-state index < -0.39 is 22.5 Å². The smallest absolute Gasteiger partial charge is 0.258 e. The number of rotatable bonds is 8. The van der Waals surface area contributed by atoms with Gasteiger partial charge in [-0.15, -0.1) is 0 Å². The number of sulfonamides is 1. The number of nitrogens with one attached hydrogen (secondary N) is 1. The van der Waals surface area contributed by atoms with Gasteiger partial charge in [-0.2, -0.15) is 4.31 Å². The van der Waals surface area contributed by atoms with Crippen molar-refractivity contribution in [3.8, 4) is 5.75 Å². The average Bonchev–Trinajstić information content (AvgIpc) is 2.63. The van der Waals surface area contributed by atoms with Crippen molar-refractivity contribution in [2.24, 2.45) is 5.92 Å². The third-order valence-corrected chi connectivity index (χ3v) is 5.90. The minimum Gasteiger partial charge on any atom is -0.497 e. The predicted octanol–water partition coefficient (Wildman–Crippen LogP) is 2.39. The monoisotopic (exact) mass is 380 g/mol. The lowest BCUT2D eigenvalue weighted by atomic mass is 10.1. The minimum atomic E-state index is -3.89. The number of methoxy groups -OCH3 is 1. The van der Waals surface area contributed by atoms with Gasteiger partial charge in [-0.25, -0.2) is 13.9 Å². The second-order valence-corrected chi connectivity index (χ2v) is 8.37. The average molecular weight is 380 g/mol. The van der Waals surface area contributed by atoms with Crippen LogP contribution in [0.25, 0.3) is 10.8 Å². The van der Waals surface area contributed by atoms with Crippen molar-refractivity contribution in [3.05, 3.63) is 36.4 Å². The maximum Gasteiger partial charge on any atom is 0.258 e. The number of fused-ring (bicyclic) bond motifs is 1. The van der Waals surface area contributed by atoms with Gasteiger partial charge in [-0.1, -0.05) is 26.0 Å². The lowest BCUT2D eigenvalue weighted by Gasteiger charge is -2.22. The number of nitrogens with zero attached hydrogens (tertiary/aromatic N) is 1. The number of amides is 1. The van der Waals surface area contributed by atoms with E-state index in [0.29, 0.717) is 12.2 Å². The molecular weight excluding hydrogens is 356 g/mol. The summed E-state index contributed by atoms with van der Waals surface area (Å²) in [6.07, 6.45) is 0.597. The Morgan fingerprint density at radius 2 is 1.88 bits per heavy atom. The second kappa shape index (κ2) is 8.48. The minimum absolute atomic E-state index is 0.0905. The molecule has 0 unspecified atom stereocenters. The fourth-order valence-corrected chi connectivity index (χ4v) is 3.97. The van der Waals surface area contributed by atoms with Gasteiger partial charge in [0.1, 0.15) is 5.75 Å². The van der Waals surface area contributed by atoms with E-state index in [1.807, 2.05) is 19.9 Å². The van der Waals surface area contributed by atoms with Crippen LogP contribution in [0.4, 0.5) is 0 Å². The summed E-state index contributed by atoms with van der Waals surface area (Å²) in [6, 6.07) is 10.2. The number of hydrogen-bond acceptors (Lipinski definition) is 5. The largest absolute Gasteiger partial charge is 0.497 e. The van der Waals surface area contributed by atoms with Gasteiger partial charge in [0.2, 0.25) is 10.0 Å². The molecule has 0 aliphatic carbocycles. The summed E-state index contributed by atoms with van der Waals surface area (Å²) in [7, 11) is -2.35. The van der Waals surface area contributed by atoms with Gasteiger partial charge < -0.3 is 4.74 Å². The summed E-state index contributed by atoms with van der Waals surface area (Å²) >= 11 is 0. The molecule has 0 atom stereocenters. The first-order valence-corrected chi connectivity index (χ1v) is 9.73. The molecule has 142 valence electrons. The van der Waals surface area contributed by atoms with E-state index in [9.17, 15) is 13.2 Å². The molecule has 0 radical (unpaired) electrons. The van der Waals surface area contributed by atoms with E-state index in [4.69, 9.17) is 9.94 Å². The summed E-state index contributed by atoms with van der Waals surface area (Å²) in [5.74, 6) is 0.119. The molecule has 2 aromatic carbocycles. The van der Waals surface area contributed by atoms with Gasteiger partial charge in [-0.3, -0.25) is 10.0 Å².